The van der Waals surface area contributed by atoms with Crippen molar-refractivity contribution >= 4 is 11.7 Å². The van der Waals surface area contributed by atoms with Gasteiger partial charge in [0.1, 0.15) is 5.82 Å². The maximum absolute atomic E-state index is 11.3. The molecule has 4 N–H and O–H groups in total. The number of aromatic nitrogens is 1. The Bertz CT molecular complexity index is 407. The maximum Gasteiger partial charge on any atom is 0.252 e. The van der Waals surface area contributed by atoms with Crippen LogP contribution in [0.5, 0.6) is 0 Å². The molecule has 1 atom stereocenters. The van der Waals surface area contributed by atoms with E-state index in [1.165, 1.54) is 0 Å². The van der Waals surface area contributed by atoms with Crippen LogP contribution < -0.4 is 16.4 Å². The summed E-state index contributed by atoms with van der Waals surface area (Å²) in [4.78, 5) is 17.7. The number of pyridine rings is 1. The van der Waals surface area contributed by atoms with Gasteiger partial charge in [0.25, 0.3) is 5.91 Å². The van der Waals surface area contributed by atoms with E-state index in [2.05, 4.69) is 9.88 Å². The summed E-state index contributed by atoms with van der Waals surface area (Å²) in [5.74, 6) is 0.887. The fourth-order valence-corrected chi connectivity index (χ4v) is 2.34. The first-order valence-electron chi connectivity index (χ1n) is 5.92. The predicted molar refractivity (Wildman–Crippen MR) is 66.7 cm³/mol. The molecule has 0 radical (unpaired) electrons. The highest BCUT2D eigenvalue weighted by atomic mass is 16.1. The largest absolute Gasteiger partial charge is 0.365 e. The Balaban J connectivity index is 2.16. The third kappa shape index (κ3) is 2.55. The van der Waals surface area contributed by atoms with Crippen molar-refractivity contribution in [1.29, 1.82) is 0 Å². The molecule has 1 unspecified atom stereocenters. The number of carbonyl (C=O) groups is 1. The minimum Gasteiger partial charge on any atom is -0.365 e. The number of anilines is 1. The van der Waals surface area contributed by atoms with Crippen LogP contribution in [0.2, 0.25) is 0 Å². The van der Waals surface area contributed by atoms with Crippen LogP contribution in [0.25, 0.3) is 0 Å². The Morgan fingerprint density at radius 2 is 2.41 bits per heavy atom. The summed E-state index contributed by atoms with van der Waals surface area (Å²) >= 11 is 0. The first-order chi connectivity index (χ1) is 8.22. The molecule has 1 fully saturated rings. The van der Waals surface area contributed by atoms with Crippen molar-refractivity contribution in [1.82, 2.24) is 4.98 Å². The number of hydrogen-bond acceptors (Lipinski definition) is 4. The van der Waals surface area contributed by atoms with E-state index in [9.17, 15) is 4.79 Å². The molecule has 17 heavy (non-hydrogen) atoms. The van der Waals surface area contributed by atoms with Crippen molar-refractivity contribution in [2.45, 2.75) is 12.8 Å². The Morgan fingerprint density at radius 3 is 3.12 bits per heavy atom. The molecule has 1 saturated heterocycles. The monoisotopic (exact) mass is 234 g/mol. The molecule has 2 heterocycles. The lowest BCUT2D eigenvalue weighted by molar-refractivity contribution is 0.100. The van der Waals surface area contributed by atoms with Crippen LogP contribution in [0.15, 0.2) is 18.3 Å². The molecular formula is C12H18N4O. The van der Waals surface area contributed by atoms with Gasteiger partial charge in [-0.05, 0) is 37.4 Å². The molecule has 92 valence electrons. The van der Waals surface area contributed by atoms with Crippen molar-refractivity contribution < 1.29 is 4.79 Å². The van der Waals surface area contributed by atoms with Gasteiger partial charge in [-0.1, -0.05) is 0 Å². The van der Waals surface area contributed by atoms with Crippen molar-refractivity contribution in [2.75, 3.05) is 24.5 Å². The van der Waals surface area contributed by atoms with Crippen LogP contribution >= 0.6 is 0 Å². The van der Waals surface area contributed by atoms with Gasteiger partial charge in [0.15, 0.2) is 0 Å². The van der Waals surface area contributed by atoms with Gasteiger partial charge in [0, 0.05) is 19.3 Å². The molecule has 1 aliphatic rings. The Kier molecular flexibility index (Phi) is 3.58. The molecule has 0 aliphatic carbocycles. The fraction of sp³-hybridized carbons (Fsp3) is 0.500. The smallest absolute Gasteiger partial charge is 0.252 e. The summed E-state index contributed by atoms with van der Waals surface area (Å²) in [6.45, 7) is 2.54. The zero-order chi connectivity index (χ0) is 12.3. The Labute approximate surface area is 101 Å². The normalized spacial score (nSPS) is 19.6. The number of carbonyl (C=O) groups excluding carboxylic acids is 1. The second kappa shape index (κ2) is 5.14. The average molecular weight is 234 g/mol. The van der Waals surface area contributed by atoms with E-state index < -0.39 is 5.91 Å². The van der Waals surface area contributed by atoms with E-state index in [-0.39, 0.29) is 0 Å². The summed E-state index contributed by atoms with van der Waals surface area (Å²) in [6.07, 6.45) is 3.82. The van der Waals surface area contributed by atoms with Crippen molar-refractivity contribution in [3.05, 3.63) is 23.9 Å². The van der Waals surface area contributed by atoms with Gasteiger partial charge in [-0.25, -0.2) is 4.98 Å². The van der Waals surface area contributed by atoms with E-state index in [4.69, 9.17) is 11.5 Å². The molecule has 1 amide bonds. The highest BCUT2D eigenvalue weighted by Gasteiger charge is 2.25. The second-order valence-corrected chi connectivity index (χ2v) is 4.42. The number of amides is 1. The summed E-state index contributed by atoms with van der Waals surface area (Å²) in [5, 5.41) is 0. The molecule has 5 heteroatoms. The molecule has 0 aromatic carbocycles. The quantitative estimate of drug-likeness (QED) is 0.787. The van der Waals surface area contributed by atoms with Gasteiger partial charge in [-0.3, -0.25) is 4.79 Å². The highest BCUT2D eigenvalue weighted by Crippen LogP contribution is 2.26. The second-order valence-electron chi connectivity index (χ2n) is 4.42. The number of hydrogen-bond donors (Lipinski definition) is 2. The first kappa shape index (κ1) is 11.9. The lowest BCUT2D eigenvalue weighted by Gasteiger charge is -2.19. The van der Waals surface area contributed by atoms with Gasteiger partial charge in [0.05, 0.1) is 5.56 Å². The first-order valence-corrected chi connectivity index (χ1v) is 5.92. The van der Waals surface area contributed by atoms with Crippen molar-refractivity contribution in [2.24, 2.45) is 17.4 Å². The zero-order valence-electron chi connectivity index (χ0n) is 9.80. The molecule has 2 rings (SSSR count). The van der Waals surface area contributed by atoms with E-state index in [1.54, 1.807) is 18.3 Å². The van der Waals surface area contributed by atoms with Crippen molar-refractivity contribution in [3.63, 3.8) is 0 Å². The third-order valence-corrected chi connectivity index (χ3v) is 3.21. The molecular weight excluding hydrogens is 216 g/mol. The van der Waals surface area contributed by atoms with Crippen LogP contribution in [-0.2, 0) is 0 Å². The topological polar surface area (TPSA) is 85.2 Å². The molecule has 1 aliphatic heterocycles. The minimum absolute atomic E-state index is 0.421. The number of nitrogens with two attached hydrogens (primary N) is 2. The van der Waals surface area contributed by atoms with E-state index in [0.29, 0.717) is 23.8 Å². The Hall–Kier alpha value is -1.62. The molecule has 0 saturated carbocycles. The Morgan fingerprint density at radius 1 is 1.59 bits per heavy atom. The zero-order valence-corrected chi connectivity index (χ0v) is 9.80. The van der Waals surface area contributed by atoms with Crippen LogP contribution in [0.1, 0.15) is 23.2 Å². The molecule has 5 nitrogen and oxygen atoms in total. The van der Waals surface area contributed by atoms with E-state index in [1.807, 2.05) is 0 Å². The summed E-state index contributed by atoms with van der Waals surface area (Å²) in [5.41, 5.74) is 11.4. The van der Waals surface area contributed by atoms with Crippen LogP contribution in [0, 0.1) is 5.92 Å². The minimum atomic E-state index is -0.421. The molecule has 1 aromatic rings. The lowest BCUT2D eigenvalue weighted by atomic mass is 10.1. The van der Waals surface area contributed by atoms with Crippen molar-refractivity contribution in [3.8, 4) is 0 Å². The van der Waals surface area contributed by atoms with Crippen LogP contribution in [0.4, 0.5) is 5.82 Å². The molecule has 0 bridgehead atoms. The predicted octanol–water partition coefficient (Wildman–Crippen LogP) is 0.356. The van der Waals surface area contributed by atoms with E-state index in [0.717, 1.165) is 25.9 Å². The summed E-state index contributed by atoms with van der Waals surface area (Å²) in [6, 6.07) is 3.46. The maximum atomic E-state index is 11.3. The SMILES string of the molecule is NCCC1CCN(c2ncccc2C(N)=O)C1. The van der Waals surface area contributed by atoms with Crippen LogP contribution in [0.3, 0.4) is 0 Å². The van der Waals surface area contributed by atoms with Crippen LogP contribution in [-0.4, -0.2) is 30.5 Å². The number of rotatable bonds is 4. The fourth-order valence-electron chi connectivity index (χ4n) is 2.34. The van der Waals surface area contributed by atoms with Gasteiger partial charge < -0.3 is 16.4 Å². The summed E-state index contributed by atoms with van der Waals surface area (Å²) < 4.78 is 0. The van der Waals surface area contributed by atoms with Gasteiger partial charge in [0.2, 0.25) is 0 Å². The van der Waals surface area contributed by atoms with Gasteiger partial charge >= 0.3 is 0 Å². The number of nitrogens with zero attached hydrogens (tertiary/aromatic N) is 2. The highest BCUT2D eigenvalue weighted by molar-refractivity contribution is 5.97. The molecule has 1 aromatic heterocycles. The van der Waals surface area contributed by atoms with E-state index >= 15 is 0 Å². The summed E-state index contributed by atoms with van der Waals surface area (Å²) in [7, 11) is 0. The molecule has 0 spiro atoms. The standard InChI is InChI=1S/C12H18N4O/c13-5-3-9-4-7-16(8-9)12-10(11(14)17)2-1-6-15-12/h1-2,6,9H,3-5,7-8,13H2,(H2,14,17). The van der Waals surface area contributed by atoms with Gasteiger partial charge in [-0.15, -0.1) is 0 Å². The lowest BCUT2D eigenvalue weighted by Crippen LogP contribution is -2.25. The third-order valence-electron chi connectivity index (χ3n) is 3.21. The average Bonchev–Trinajstić information content (AvgIpc) is 2.78. The number of primary amides is 1. The van der Waals surface area contributed by atoms with Gasteiger partial charge in [-0.2, -0.15) is 0 Å².